The molecule has 0 bridgehead atoms. The van der Waals surface area contributed by atoms with Crippen molar-refractivity contribution in [2.24, 2.45) is 11.7 Å². The Bertz CT molecular complexity index is 353. The highest BCUT2D eigenvalue weighted by Gasteiger charge is 2.21. The maximum atomic E-state index is 12.4. The first-order valence-corrected chi connectivity index (χ1v) is 10.7. The van der Waals surface area contributed by atoms with E-state index in [-0.39, 0.29) is 18.3 Å². The normalized spacial score (nSPS) is 12.3. The Kier molecular flexibility index (Phi) is 16.6. The van der Waals surface area contributed by atoms with Crippen molar-refractivity contribution in [3.8, 4) is 0 Å². The molecule has 3 N–H and O–H groups in total. The quantitative estimate of drug-likeness (QED) is 0.278. The summed E-state index contributed by atoms with van der Waals surface area (Å²) in [6.07, 6.45) is 12.1. The van der Waals surface area contributed by atoms with Crippen LogP contribution in [0.5, 0.6) is 0 Å². The number of hydrogen-bond donors (Lipinski definition) is 2. The molecule has 0 aromatic carbocycles. The van der Waals surface area contributed by atoms with Crippen molar-refractivity contribution in [1.29, 1.82) is 0 Å². The van der Waals surface area contributed by atoms with Gasteiger partial charge in [0.15, 0.2) is 0 Å². The average molecular weight is 371 g/mol. The molecule has 0 aliphatic carbocycles. The van der Waals surface area contributed by atoms with Crippen molar-refractivity contribution < 1.29 is 14.3 Å². The van der Waals surface area contributed by atoms with Gasteiger partial charge < -0.3 is 15.8 Å². The SMILES string of the molecule is CCCCCCOC(=O)[C@H](CCC(N)=O)NCC(CCCC)CCCC. The summed E-state index contributed by atoms with van der Waals surface area (Å²) in [6.45, 7) is 7.83. The number of carbonyl (C=O) groups is 2. The van der Waals surface area contributed by atoms with Crippen LogP contribution in [0.4, 0.5) is 0 Å². The van der Waals surface area contributed by atoms with Gasteiger partial charge in [0.05, 0.1) is 6.61 Å². The van der Waals surface area contributed by atoms with Gasteiger partial charge in [-0.25, -0.2) is 0 Å². The lowest BCUT2D eigenvalue weighted by atomic mass is 9.95. The molecule has 154 valence electrons. The van der Waals surface area contributed by atoms with Crippen LogP contribution in [-0.4, -0.2) is 31.1 Å². The number of unbranched alkanes of at least 4 members (excludes halogenated alkanes) is 5. The van der Waals surface area contributed by atoms with Crippen LogP contribution in [0.3, 0.4) is 0 Å². The number of amides is 1. The smallest absolute Gasteiger partial charge is 0.323 e. The van der Waals surface area contributed by atoms with E-state index in [1.807, 2.05) is 0 Å². The minimum absolute atomic E-state index is 0.206. The number of ether oxygens (including phenoxy) is 1. The van der Waals surface area contributed by atoms with Crippen molar-refractivity contribution in [3.63, 3.8) is 0 Å². The van der Waals surface area contributed by atoms with E-state index in [2.05, 4.69) is 26.1 Å². The Labute approximate surface area is 160 Å². The maximum absolute atomic E-state index is 12.4. The summed E-state index contributed by atoms with van der Waals surface area (Å²) in [5.41, 5.74) is 5.26. The Morgan fingerprint density at radius 1 is 0.885 bits per heavy atom. The predicted octanol–water partition coefficient (Wildman–Crippen LogP) is 4.33. The van der Waals surface area contributed by atoms with Gasteiger partial charge in [-0.05, 0) is 38.1 Å². The third-order valence-corrected chi connectivity index (χ3v) is 4.79. The van der Waals surface area contributed by atoms with Crippen LogP contribution in [-0.2, 0) is 14.3 Å². The number of hydrogen-bond acceptors (Lipinski definition) is 4. The van der Waals surface area contributed by atoms with Crippen molar-refractivity contribution in [3.05, 3.63) is 0 Å². The first kappa shape index (κ1) is 24.9. The molecule has 26 heavy (non-hydrogen) atoms. The summed E-state index contributed by atoms with van der Waals surface area (Å²) in [7, 11) is 0. The zero-order valence-corrected chi connectivity index (χ0v) is 17.4. The highest BCUT2D eigenvalue weighted by atomic mass is 16.5. The monoisotopic (exact) mass is 370 g/mol. The van der Waals surface area contributed by atoms with Crippen LogP contribution >= 0.6 is 0 Å². The fraction of sp³-hybridized carbons (Fsp3) is 0.905. The molecule has 0 spiro atoms. The summed E-state index contributed by atoms with van der Waals surface area (Å²) < 4.78 is 5.42. The standard InChI is InChI=1S/C21H42N2O3/c1-4-7-10-11-16-26-21(25)19(14-15-20(22)24)23-17-18(12-8-5-2)13-9-6-3/h18-19,23H,4-17H2,1-3H3,(H2,22,24)/t19-/m0/s1. The van der Waals surface area contributed by atoms with E-state index in [4.69, 9.17) is 10.5 Å². The second-order valence-corrected chi connectivity index (χ2v) is 7.34. The zero-order chi connectivity index (χ0) is 19.6. The first-order chi connectivity index (χ1) is 12.5. The van der Waals surface area contributed by atoms with E-state index < -0.39 is 6.04 Å². The predicted molar refractivity (Wildman–Crippen MR) is 108 cm³/mol. The van der Waals surface area contributed by atoms with Crippen molar-refractivity contribution >= 4 is 11.9 Å². The zero-order valence-electron chi connectivity index (χ0n) is 17.4. The molecule has 0 aromatic rings. The average Bonchev–Trinajstić information content (AvgIpc) is 2.62. The number of rotatable bonds is 18. The lowest BCUT2D eigenvalue weighted by Crippen LogP contribution is -2.41. The van der Waals surface area contributed by atoms with Crippen LogP contribution in [0.15, 0.2) is 0 Å². The Balaban J connectivity index is 4.47. The number of primary amides is 1. The van der Waals surface area contributed by atoms with Gasteiger partial charge in [0.2, 0.25) is 5.91 Å². The molecule has 0 saturated carbocycles. The van der Waals surface area contributed by atoms with E-state index in [0.717, 1.165) is 32.2 Å². The molecular weight excluding hydrogens is 328 g/mol. The minimum Gasteiger partial charge on any atom is -0.465 e. The van der Waals surface area contributed by atoms with Crippen LogP contribution in [0.25, 0.3) is 0 Å². The molecule has 1 atom stereocenters. The van der Waals surface area contributed by atoms with Gasteiger partial charge in [-0.15, -0.1) is 0 Å². The van der Waals surface area contributed by atoms with E-state index in [0.29, 0.717) is 18.9 Å². The first-order valence-electron chi connectivity index (χ1n) is 10.7. The molecule has 0 rings (SSSR count). The van der Waals surface area contributed by atoms with Gasteiger partial charge in [0.25, 0.3) is 0 Å². The largest absolute Gasteiger partial charge is 0.465 e. The fourth-order valence-corrected chi connectivity index (χ4v) is 3.04. The second-order valence-electron chi connectivity index (χ2n) is 7.34. The highest BCUT2D eigenvalue weighted by molar-refractivity contribution is 5.78. The molecule has 0 aromatic heterocycles. The van der Waals surface area contributed by atoms with E-state index in [1.165, 1.54) is 38.5 Å². The van der Waals surface area contributed by atoms with Gasteiger partial charge in [-0.3, -0.25) is 9.59 Å². The molecule has 0 fully saturated rings. The molecule has 0 unspecified atom stereocenters. The van der Waals surface area contributed by atoms with Gasteiger partial charge >= 0.3 is 5.97 Å². The third-order valence-electron chi connectivity index (χ3n) is 4.79. The second kappa shape index (κ2) is 17.3. The Hall–Kier alpha value is -1.10. The number of nitrogens with two attached hydrogens (primary N) is 1. The number of carbonyl (C=O) groups excluding carboxylic acids is 2. The molecule has 5 nitrogen and oxygen atoms in total. The fourth-order valence-electron chi connectivity index (χ4n) is 3.04. The number of nitrogens with one attached hydrogen (secondary N) is 1. The van der Waals surface area contributed by atoms with Crippen LogP contribution < -0.4 is 11.1 Å². The summed E-state index contributed by atoms with van der Waals surface area (Å²) in [5.74, 6) is -0.0446. The van der Waals surface area contributed by atoms with E-state index >= 15 is 0 Å². The van der Waals surface area contributed by atoms with Gasteiger partial charge in [0, 0.05) is 6.42 Å². The van der Waals surface area contributed by atoms with Crippen LogP contribution in [0, 0.1) is 5.92 Å². The third kappa shape index (κ3) is 14.1. The Morgan fingerprint density at radius 3 is 2.04 bits per heavy atom. The molecule has 0 radical (unpaired) electrons. The van der Waals surface area contributed by atoms with Crippen molar-refractivity contribution in [2.75, 3.05) is 13.2 Å². The molecule has 5 heteroatoms. The molecular formula is C21H42N2O3. The van der Waals surface area contributed by atoms with Crippen LogP contribution in [0.1, 0.15) is 97.8 Å². The highest BCUT2D eigenvalue weighted by Crippen LogP contribution is 2.16. The summed E-state index contributed by atoms with van der Waals surface area (Å²) in [4.78, 5) is 23.5. The molecule has 0 heterocycles. The lowest BCUT2D eigenvalue weighted by Gasteiger charge is -2.22. The van der Waals surface area contributed by atoms with Crippen LogP contribution in [0.2, 0.25) is 0 Å². The van der Waals surface area contributed by atoms with E-state index in [1.54, 1.807) is 0 Å². The van der Waals surface area contributed by atoms with E-state index in [9.17, 15) is 9.59 Å². The number of esters is 1. The van der Waals surface area contributed by atoms with Gasteiger partial charge in [-0.2, -0.15) is 0 Å². The summed E-state index contributed by atoms with van der Waals surface area (Å²) >= 11 is 0. The lowest BCUT2D eigenvalue weighted by molar-refractivity contribution is -0.146. The van der Waals surface area contributed by atoms with Crippen molar-refractivity contribution in [1.82, 2.24) is 5.32 Å². The Morgan fingerprint density at radius 2 is 1.50 bits per heavy atom. The van der Waals surface area contributed by atoms with Gasteiger partial charge in [-0.1, -0.05) is 65.7 Å². The maximum Gasteiger partial charge on any atom is 0.323 e. The molecule has 0 saturated heterocycles. The van der Waals surface area contributed by atoms with Gasteiger partial charge in [0.1, 0.15) is 6.04 Å². The molecule has 0 aliphatic rings. The minimum atomic E-state index is -0.431. The topological polar surface area (TPSA) is 81.4 Å². The molecule has 1 amide bonds. The molecule has 0 aliphatic heterocycles. The summed E-state index contributed by atoms with van der Waals surface area (Å²) in [6, 6.07) is -0.431. The summed E-state index contributed by atoms with van der Waals surface area (Å²) in [5, 5.41) is 3.36. The van der Waals surface area contributed by atoms with Crippen molar-refractivity contribution in [2.45, 2.75) is 104 Å².